The minimum absolute atomic E-state index is 0.463. The molecule has 84 heavy (non-hydrogen) atoms. The quantitative estimate of drug-likeness (QED) is 0.118. The number of benzene rings is 14. The zero-order valence-electron chi connectivity index (χ0n) is 45.6. The van der Waals surface area contributed by atoms with Gasteiger partial charge in [-0.05, 0) is 197 Å². The molecule has 0 radical (unpaired) electrons. The number of aromatic nitrogens is 2. The zero-order chi connectivity index (χ0) is 56.5. The van der Waals surface area contributed by atoms with E-state index < -0.39 is 7.12 Å². The summed E-state index contributed by atoms with van der Waals surface area (Å²) in [6.07, 6.45) is 6.71. The molecule has 0 saturated heterocycles. The van der Waals surface area contributed by atoms with E-state index in [2.05, 4.69) is 265 Å². The largest absolute Gasteiger partial charge is 0.488 e. The van der Waals surface area contributed by atoms with Crippen LogP contribution in [0, 0.1) is 0 Å². The summed E-state index contributed by atoms with van der Waals surface area (Å²) >= 11 is 6.23. The number of hydrogen-bond donors (Lipinski definition) is 2. The van der Waals surface area contributed by atoms with E-state index >= 15 is 0 Å². The van der Waals surface area contributed by atoms with Gasteiger partial charge in [0.15, 0.2) is 0 Å². The lowest BCUT2D eigenvalue weighted by Crippen LogP contribution is -2.29. The number of pyridine rings is 2. The Kier molecular flexibility index (Phi) is 13.9. The normalized spacial score (nSPS) is 11.3. The summed E-state index contributed by atoms with van der Waals surface area (Å²) in [5.41, 5.74) is 17.6. The van der Waals surface area contributed by atoms with E-state index in [1.807, 2.05) is 24.5 Å². The van der Waals surface area contributed by atoms with Crippen molar-refractivity contribution in [3.8, 4) is 77.9 Å². The Morgan fingerprint density at radius 2 is 0.536 bits per heavy atom. The molecular formula is C78H52BClN2O2. The fourth-order valence-electron chi connectivity index (χ4n) is 12.1. The minimum Gasteiger partial charge on any atom is -0.423 e. The maximum absolute atomic E-state index is 8.55. The molecule has 2 heterocycles. The summed E-state index contributed by atoms with van der Waals surface area (Å²) in [5.74, 6) is 0. The van der Waals surface area contributed by atoms with Crippen LogP contribution < -0.4 is 5.46 Å². The molecule has 0 aliphatic carbocycles. The highest BCUT2D eigenvalue weighted by Crippen LogP contribution is 2.46. The molecule has 0 amide bonds. The van der Waals surface area contributed by atoms with Crippen LogP contribution in [0.2, 0.25) is 5.02 Å². The van der Waals surface area contributed by atoms with E-state index in [1.165, 1.54) is 155 Å². The van der Waals surface area contributed by atoms with Crippen LogP contribution in [-0.4, -0.2) is 27.1 Å². The maximum Gasteiger partial charge on any atom is 0.488 e. The van der Waals surface area contributed by atoms with Crippen molar-refractivity contribution in [2.45, 2.75) is 0 Å². The molecule has 0 bridgehead atoms. The van der Waals surface area contributed by atoms with Gasteiger partial charge in [-0.1, -0.05) is 242 Å². The standard InChI is InChI=1S/C39H25N.C34H21Cl.C5H6BNO2/c1-2-5-26(6-3-1)27-9-13-30(14-10-27)36-25-37(31-15-11-28(12-16-31)29-21-23-40-24-22-29)35-20-18-33-8-4-7-32-17-19-34(36)39(35)38(32)33;35-28-17-13-25(14-18-28)32-21-31(24-11-9-23(10-12-24)22-5-2-1-3-6-22)29-19-15-26-7-4-8-27-16-20-30(32)34(29)33(26)27;8-6(9)5-1-3-7-4-2-5/h1-25H;1-21H;1-4,8-9H. The van der Waals surface area contributed by atoms with Crippen molar-refractivity contribution in [1.29, 1.82) is 0 Å². The van der Waals surface area contributed by atoms with Crippen LogP contribution in [0.3, 0.4) is 0 Å². The predicted octanol–water partition coefficient (Wildman–Crippen LogP) is 19.6. The molecule has 0 unspecified atom stereocenters. The minimum atomic E-state index is -1.38. The Balaban J connectivity index is 0.000000131. The topological polar surface area (TPSA) is 66.2 Å². The van der Waals surface area contributed by atoms with Gasteiger partial charge in [-0.3, -0.25) is 9.97 Å². The second-order valence-electron chi connectivity index (χ2n) is 21.2. The van der Waals surface area contributed by atoms with Gasteiger partial charge in [-0.15, -0.1) is 0 Å². The summed E-state index contributed by atoms with van der Waals surface area (Å²) in [7, 11) is -1.38. The van der Waals surface area contributed by atoms with Gasteiger partial charge in [0.1, 0.15) is 0 Å². The van der Waals surface area contributed by atoms with Gasteiger partial charge < -0.3 is 10.0 Å². The molecule has 16 rings (SSSR count). The summed E-state index contributed by atoms with van der Waals surface area (Å²) in [6.45, 7) is 0. The van der Waals surface area contributed by atoms with Crippen LogP contribution >= 0.6 is 11.6 Å². The van der Waals surface area contributed by atoms with Gasteiger partial charge in [0.2, 0.25) is 0 Å². The smallest absolute Gasteiger partial charge is 0.423 e. The fraction of sp³-hybridized carbons (Fsp3) is 0. The van der Waals surface area contributed by atoms with E-state index in [-0.39, 0.29) is 0 Å². The van der Waals surface area contributed by atoms with Crippen LogP contribution in [0.25, 0.3) is 143 Å². The molecule has 396 valence electrons. The van der Waals surface area contributed by atoms with E-state index in [0.717, 1.165) is 5.02 Å². The van der Waals surface area contributed by atoms with Gasteiger partial charge in [0.05, 0.1) is 0 Å². The highest BCUT2D eigenvalue weighted by Gasteiger charge is 2.19. The highest BCUT2D eigenvalue weighted by molar-refractivity contribution is 6.58. The van der Waals surface area contributed by atoms with Crippen LogP contribution in [0.5, 0.6) is 0 Å². The average Bonchev–Trinajstić information content (AvgIpc) is 1.09. The number of rotatable bonds is 8. The molecule has 0 saturated carbocycles. The first kappa shape index (κ1) is 51.9. The van der Waals surface area contributed by atoms with E-state index in [1.54, 1.807) is 12.1 Å². The lowest BCUT2D eigenvalue weighted by atomic mass is 9.81. The molecule has 6 heteroatoms. The Labute approximate surface area is 492 Å². The molecule has 0 fully saturated rings. The van der Waals surface area contributed by atoms with Crippen molar-refractivity contribution in [3.63, 3.8) is 0 Å². The average molecular weight is 1100 g/mol. The summed E-state index contributed by atoms with van der Waals surface area (Å²) in [5, 5.41) is 33.5. The van der Waals surface area contributed by atoms with Crippen molar-refractivity contribution in [1.82, 2.24) is 9.97 Å². The van der Waals surface area contributed by atoms with Gasteiger partial charge in [0.25, 0.3) is 0 Å². The van der Waals surface area contributed by atoms with Gasteiger partial charge in [-0.2, -0.15) is 0 Å². The number of hydrogen-bond acceptors (Lipinski definition) is 4. The number of halogens is 1. The van der Waals surface area contributed by atoms with Crippen molar-refractivity contribution in [2.24, 2.45) is 0 Å². The van der Waals surface area contributed by atoms with Crippen LogP contribution in [0.15, 0.2) is 304 Å². The Bertz CT molecular complexity index is 4770. The van der Waals surface area contributed by atoms with Gasteiger partial charge in [0, 0.05) is 29.8 Å². The second-order valence-corrected chi connectivity index (χ2v) is 21.6. The van der Waals surface area contributed by atoms with Gasteiger partial charge in [-0.25, -0.2) is 0 Å². The van der Waals surface area contributed by atoms with Gasteiger partial charge >= 0.3 is 7.12 Å². The van der Waals surface area contributed by atoms with Crippen molar-refractivity contribution < 1.29 is 10.0 Å². The lowest BCUT2D eigenvalue weighted by molar-refractivity contribution is 0.425. The molecule has 0 aliphatic rings. The third-order valence-corrected chi connectivity index (χ3v) is 16.5. The van der Waals surface area contributed by atoms with E-state index in [0.29, 0.717) is 5.46 Å². The van der Waals surface area contributed by atoms with Crippen LogP contribution in [0.1, 0.15) is 0 Å². The van der Waals surface area contributed by atoms with Crippen molar-refractivity contribution in [2.75, 3.05) is 0 Å². The van der Waals surface area contributed by atoms with E-state index in [4.69, 9.17) is 21.6 Å². The molecule has 0 atom stereocenters. The van der Waals surface area contributed by atoms with Crippen LogP contribution in [-0.2, 0) is 0 Å². The van der Waals surface area contributed by atoms with Crippen molar-refractivity contribution >= 4 is 88.8 Å². The first-order chi connectivity index (χ1) is 41.4. The Hall–Kier alpha value is -10.3. The Morgan fingerprint density at radius 1 is 0.250 bits per heavy atom. The summed E-state index contributed by atoms with van der Waals surface area (Å²) in [4.78, 5) is 7.88. The monoisotopic (exact) mass is 1090 g/mol. The second kappa shape index (κ2) is 22.6. The maximum atomic E-state index is 8.55. The summed E-state index contributed by atoms with van der Waals surface area (Å²) < 4.78 is 0. The molecule has 4 nitrogen and oxygen atoms in total. The lowest BCUT2D eigenvalue weighted by Gasteiger charge is -2.18. The predicted molar refractivity (Wildman–Crippen MR) is 355 cm³/mol. The first-order valence-corrected chi connectivity index (χ1v) is 28.5. The SMILES string of the molecule is Clc1ccc(-c2cc(-c3ccc(-c4ccccc4)cc3)c3ccc4cccc5ccc2c3c54)cc1.OB(O)c1ccncc1.c1ccc(-c2ccc(-c3cc(-c4ccc(-c5ccncc5)cc4)c4ccc5cccc6ccc3c4c65)cc2)cc1. The van der Waals surface area contributed by atoms with Crippen LogP contribution in [0.4, 0.5) is 0 Å². The third kappa shape index (κ3) is 9.97. The Morgan fingerprint density at radius 3 is 0.857 bits per heavy atom. The highest BCUT2D eigenvalue weighted by atomic mass is 35.5. The third-order valence-electron chi connectivity index (χ3n) is 16.3. The molecule has 2 N–H and O–H groups in total. The fourth-order valence-corrected chi connectivity index (χ4v) is 12.2. The number of nitrogens with zero attached hydrogens (tertiary/aromatic N) is 2. The van der Waals surface area contributed by atoms with E-state index in [9.17, 15) is 0 Å². The molecule has 2 aromatic heterocycles. The summed E-state index contributed by atoms with van der Waals surface area (Å²) in [6, 6.07) is 99.6. The molecule has 0 aliphatic heterocycles. The molecular weight excluding hydrogens is 1040 g/mol. The van der Waals surface area contributed by atoms with Crippen molar-refractivity contribution in [3.05, 3.63) is 309 Å². The molecule has 16 aromatic rings. The molecule has 14 aromatic carbocycles. The first-order valence-electron chi connectivity index (χ1n) is 28.2. The zero-order valence-corrected chi connectivity index (χ0v) is 46.4. The molecule has 0 spiro atoms.